The molecule has 0 spiro atoms. The first kappa shape index (κ1) is 21.7. The summed E-state index contributed by atoms with van der Waals surface area (Å²) in [6.07, 6.45) is -4.40. The summed E-state index contributed by atoms with van der Waals surface area (Å²) in [6, 6.07) is 33.0. The molecule has 166 valence electrons. The molecule has 1 aliphatic heterocycles. The van der Waals surface area contributed by atoms with Crippen LogP contribution in [0.3, 0.4) is 0 Å². The van der Waals surface area contributed by atoms with Gasteiger partial charge in [0.2, 0.25) is 7.29 Å². The van der Waals surface area contributed by atoms with Gasteiger partial charge in [0.1, 0.15) is 0 Å². The highest BCUT2D eigenvalue weighted by Gasteiger charge is 2.59. The molecule has 3 atom stereocenters. The third-order valence-corrected chi connectivity index (χ3v) is 9.18. The lowest BCUT2D eigenvalue weighted by atomic mass is 10.0. The van der Waals surface area contributed by atoms with Gasteiger partial charge in [-0.15, -0.1) is 0 Å². The second kappa shape index (κ2) is 8.33. The fourth-order valence-electron chi connectivity index (χ4n) is 4.44. The van der Waals surface area contributed by atoms with Crippen molar-refractivity contribution in [1.29, 1.82) is 0 Å². The monoisotopic (exact) mass is 463 g/mol. The van der Waals surface area contributed by atoms with Crippen LogP contribution in [0.15, 0.2) is 115 Å². The molecule has 0 amide bonds. The third kappa shape index (κ3) is 3.92. The van der Waals surface area contributed by atoms with E-state index in [1.54, 1.807) is 0 Å². The molecule has 1 fully saturated rings. The van der Waals surface area contributed by atoms with E-state index in [4.69, 9.17) is 0 Å². The van der Waals surface area contributed by atoms with Crippen LogP contribution < -0.4 is 10.6 Å². The van der Waals surface area contributed by atoms with Crippen LogP contribution in [-0.2, 0) is 10.7 Å². The topological polar surface area (TPSA) is 20.1 Å². The molecule has 1 heterocycles. The molecule has 0 aliphatic carbocycles. The Labute approximate surface area is 190 Å². The van der Waals surface area contributed by atoms with Crippen molar-refractivity contribution < 1.29 is 17.7 Å². The number of nitrogens with zero attached hydrogens (tertiary/aromatic N) is 1. The third-order valence-electron chi connectivity index (χ3n) is 6.04. The van der Waals surface area contributed by atoms with Gasteiger partial charge in [-0.1, -0.05) is 78.9 Å². The molecule has 0 bridgehead atoms. The molecule has 3 unspecified atom stereocenters. The fourth-order valence-corrected chi connectivity index (χ4v) is 7.58. The average molecular weight is 463 g/mol. The van der Waals surface area contributed by atoms with Crippen LogP contribution in [0.25, 0.3) is 0 Å². The lowest BCUT2D eigenvalue weighted by Crippen LogP contribution is -2.22. The van der Waals surface area contributed by atoms with Gasteiger partial charge in [0.15, 0.2) is 0 Å². The van der Waals surface area contributed by atoms with Crippen molar-refractivity contribution in [3.8, 4) is 0 Å². The fraction of sp³-hybridized carbons (Fsp3) is 0.111. The van der Waals surface area contributed by atoms with Gasteiger partial charge in [-0.05, 0) is 47.5 Å². The lowest BCUT2D eigenvalue weighted by molar-refractivity contribution is -0.137. The van der Waals surface area contributed by atoms with Crippen LogP contribution >= 0.6 is 7.29 Å². The molecule has 0 aromatic heterocycles. The zero-order valence-electron chi connectivity index (χ0n) is 17.6. The maximum absolute atomic E-state index is 14.9. The first-order valence-electron chi connectivity index (χ1n) is 10.6. The predicted molar refractivity (Wildman–Crippen MR) is 125 cm³/mol. The summed E-state index contributed by atoms with van der Waals surface area (Å²) in [5, 5.41) is 1.40. The number of benzene rings is 4. The van der Waals surface area contributed by atoms with Crippen LogP contribution in [-0.4, -0.2) is 4.67 Å². The maximum Gasteiger partial charge on any atom is 0.416 e. The van der Waals surface area contributed by atoms with Gasteiger partial charge in [0.05, 0.1) is 17.6 Å². The highest BCUT2D eigenvalue weighted by atomic mass is 31.2. The smallest absolute Gasteiger partial charge is 0.296 e. The van der Waals surface area contributed by atoms with E-state index in [-0.39, 0.29) is 12.1 Å². The first-order valence-corrected chi connectivity index (χ1v) is 12.3. The Kier molecular flexibility index (Phi) is 5.48. The van der Waals surface area contributed by atoms with E-state index in [1.807, 2.05) is 95.7 Å². The average Bonchev–Trinajstić information content (AvgIpc) is 3.61. The van der Waals surface area contributed by atoms with E-state index in [9.17, 15) is 17.7 Å². The van der Waals surface area contributed by atoms with Crippen LogP contribution in [0, 0.1) is 0 Å². The number of alkyl halides is 3. The van der Waals surface area contributed by atoms with Gasteiger partial charge >= 0.3 is 6.18 Å². The van der Waals surface area contributed by atoms with Crippen LogP contribution in [0.1, 0.15) is 28.8 Å². The largest absolute Gasteiger partial charge is 0.416 e. The van der Waals surface area contributed by atoms with E-state index >= 15 is 0 Å². The summed E-state index contributed by atoms with van der Waals surface area (Å²) in [5.41, 5.74) is 1.00. The van der Waals surface area contributed by atoms with E-state index in [0.29, 0.717) is 16.2 Å². The van der Waals surface area contributed by atoms with Crippen LogP contribution in [0.2, 0.25) is 0 Å². The van der Waals surface area contributed by atoms with Crippen molar-refractivity contribution in [3.05, 3.63) is 132 Å². The van der Waals surface area contributed by atoms with Crippen LogP contribution in [0.4, 0.5) is 13.2 Å². The molecular weight excluding hydrogens is 442 g/mol. The highest BCUT2D eigenvalue weighted by Crippen LogP contribution is 2.70. The Balaban J connectivity index is 1.65. The molecule has 0 radical (unpaired) electrons. The SMILES string of the molecule is O=P(c1ccccc1)(c1ccccc1)N1C(c2ccccc2)C1c1ccc(C(F)(F)F)cc1. The molecule has 0 saturated carbocycles. The van der Waals surface area contributed by atoms with Crippen molar-refractivity contribution in [1.82, 2.24) is 4.67 Å². The molecular formula is C27H21F3NOP. The molecule has 4 aromatic carbocycles. The number of hydrogen-bond donors (Lipinski definition) is 0. The number of halogens is 3. The highest BCUT2D eigenvalue weighted by molar-refractivity contribution is 7.76. The van der Waals surface area contributed by atoms with E-state index in [2.05, 4.69) is 0 Å². The molecule has 0 N–H and O–H groups in total. The maximum atomic E-state index is 14.9. The van der Waals surface area contributed by atoms with E-state index in [1.165, 1.54) is 12.1 Å². The minimum Gasteiger partial charge on any atom is -0.296 e. The van der Waals surface area contributed by atoms with Gasteiger partial charge in [-0.2, -0.15) is 13.2 Å². The molecule has 1 saturated heterocycles. The van der Waals surface area contributed by atoms with Crippen molar-refractivity contribution in [2.75, 3.05) is 0 Å². The molecule has 4 aromatic rings. The Morgan fingerprint density at radius 1 is 0.576 bits per heavy atom. The van der Waals surface area contributed by atoms with Crippen molar-refractivity contribution in [3.63, 3.8) is 0 Å². The minimum atomic E-state index is -4.40. The zero-order valence-corrected chi connectivity index (χ0v) is 18.5. The Morgan fingerprint density at radius 2 is 0.970 bits per heavy atom. The van der Waals surface area contributed by atoms with Crippen LogP contribution in [0.5, 0.6) is 0 Å². The van der Waals surface area contributed by atoms with Gasteiger partial charge in [0, 0.05) is 10.6 Å². The summed E-state index contributed by atoms with van der Waals surface area (Å²) < 4.78 is 56.3. The van der Waals surface area contributed by atoms with Gasteiger partial charge < -0.3 is 0 Å². The molecule has 33 heavy (non-hydrogen) atoms. The lowest BCUT2D eigenvalue weighted by Gasteiger charge is -2.22. The quantitative estimate of drug-likeness (QED) is 0.242. The molecule has 2 nitrogen and oxygen atoms in total. The predicted octanol–water partition coefficient (Wildman–Crippen LogP) is 6.73. The first-order chi connectivity index (χ1) is 15.9. The minimum absolute atomic E-state index is 0.214. The second-order valence-electron chi connectivity index (χ2n) is 8.05. The molecule has 1 aliphatic rings. The Bertz CT molecular complexity index is 1230. The zero-order chi connectivity index (χ0) is 23.1. The van der Waals surface area contributed by atoms with Crippen molar-refractivity contribution >= 4 is 17.9 Å². The second-order valence-corrected chi connectivity index (χ2v) is 10.7. The van der Waals surface area contributed by atoms with Crippen molar-refractivity contribution in [2.24, 2.45) is 0 Å². The normalized spacial score (nSPS) is 20.4. The Hall–Kier alpha value is -3.14. The van der Waals surface area contributed by atoms with Gasteiger partial charge in [-0.25, -0.2) is 4.67 Å². The summed E-state index contributed by atoms with van der Waals surface area (Å²) in [6.45, 7) is 0. The van der Waals surface area contributed by atoms with Gasteiger partial charge in [0.25, 0.3) is 0 Å². The Morgan fingerprint density at radius 3 is 1.39 bits per heavy atom. The number of rotatable bonds is 5. The molecule has 5 rings (SSSR count). The summed E-state index contributed by atoms with van der Waals surface area (Å²) in [4.78, 5) is 0. The summed E-state index contributed by atoms with van der Waals surface area (Å²) in [7, 11) is -3.26. The molecule has 6 heteroatoms. The number of hydrogen-bond acceptors (Lipinski definition) is 1. The van der Waals surface area contributed by atoms with Gasteiger partial charge in [-0.3, -0.25) is 4.57 Å². The summed E-state index contributed by atoms with van der Waals surface area (Å²) >= 11 is 0. The van der Waals surface area contributed by atoms with E-state index < -0.39 is 19.0 Å². The summed E-state index contributed by atoms with van der Waals surface area (Å²) in [5.74, 6) is 0. The van der Waals surface area contributed by atoms with E-state index in [0.717, 1.165) is 17.7 Å². The van der Waals surface area contributed by atoms with Crippen molar-refractivity contribution in [2.45, 2.75) is 18.3 Å². The standard InChI is InChI=1S/C27H21F3NOP/c28-27(29,30)22-18-16-21(17-19-22)26-25(20-10-4-1-5-11-20)31(26)33(32,23-12-6-2-7-13-23)24-14-8-3-9-15-24/h1-19,25-26H.